The van der Waals surface area contributed by atoms with Gasteiger partial charge in [-0.15, -0.1) is 11.3 Å². The molecule has 2 saturated carbocycles. The van der Waals surface area contributed by atoms with Crippen molar-refractivity contribution in [1.82, 2.24) is 10.2 Å². The molecule has 0 aromatic carbocycles. The van der Waals surface area contributed by atoms with Gasteiger partial charge in [0.05, 0.1) is 0 Å². The SMILES string of the molecule is O=C1NC(C2CC2)C(=O)N(CCc2cccs2)C1C1CC1. The Kier molecular flexibility index (Phi) is 3.25. The molecule has 5 heteroatoms. The van der Waals surface area contributed by atoms with Crippen LogP contribution < -0.4 is 5.32 Å². The lowest BCUT2D eigenvalue weighted by atomic mass is 10.00. The largest absolute Gasteiger partial charge is 0.342 e. The molecule has 2 amide bonds. The Balaban J connectivity index is 1.52. The maximum Gasteiger partial charge on any atom is 0.246 e. The minimum Gasteiger partial charge on any atom is -0.342 e. The minimum absolute atomic E-state index is 0.0835. The summed E-state index contributed by atoms with van der Waals surface area (Å²) in [7, 11) is 0. The molecular weight excluding hydrogens is 284 g/mol. The number of nitrogens with one attached hydrogen (secondary N) is 1. The van der Waals surface area contributed by atoms with E-state index in [-0.39, 0.29) is 23.9 Å². The molecule has 1 N–H and O–H groups in total. The third-order valence-electron chi connectivity index (χ3n) is 4.79. The van der Waals surface area contributed by atoms with Crippen molar-refractivity contribution in [3.05, 3.63) is 22.4 Å². The van der Waals surface area contributed by atoms with Gasteiger partial charge in [-0.3, -0.25) is 9.59 Å². The molecular formula is C16H20N2O2S. The Bertz CT molecular complexity index is 549. The molecule has 112 valence electrons. The molecule has 2 aliphatic carbocycles. The molecule has 0 spiro atoms. The first-order valence-corrected chi connectivity index (χ1v) is 8.75. The number of thiophene rings is 1. The summed E-state index contributed by atoms with van der Waals surface area (Å²) in [5, 5.41) is 5.06. The second kappa shape index (κ2) is 5.13. The van der Waals surface area contributed by atoms with Crippen LogP contribution in [0.1, 0.15) is 30.6 Å². The van der Waals surface area contributed by atoms with Crippen LogP contribution in [0.5, 0.6) is 0 Å². The fourth-order valence-corrected chi connectivity index (χ4v) is 4.02. The molecule has 1 saturated heterocycles. The van der Waals surface area contributed by atoms with Gasteiger partial charge in [0, 0.05) is 11.4 Å². The molecule has 1 aliphatic heterocycles. The molecule has 2 unspecified atom stereocenters. The van der Waals surface area contributed by atoms with Crippen molar-refractivity contribution in [2.45, 2.75) is 44.2 Å². The number of rotatable bonds is 5. The maximum absolute atomic E-state index is 12.8. The van der Waals surface area contributed by atoms with E-state index in [1.165, 1.54) is 4.88 Å². The lowest BCUT2D eigenvalue weighted by Crippen LogP contribution is -2.65. The van der Waals surface area contributed by atoms with Gasteiger partial charge >= 0.3 is 0 Å². The average molecular weight is 304 g/mol. The normalized spacial score (nSPS) is 29.6. The smallest absolute Gasteiger partial charge is 0.246 e. The standard InChI is InChI=1S/C16H20N2O2S/c19-15-14(11-5-6-11)18(8-7-12-2-1-9-21-12)16(20)13(17-15)10-3-4-10/h1-2,9-11,13-14H,3-8H2,(H,17,19). The van der Waals surface area contributed by atoms with Crippen molar-refractivity contribution in [2.75, 3.05) is 6.54 Å². The summed E-state index contributed by atoms with van der Waals surface area (Å²) in [6.07, 6.45) is 5.16. The summed E-state index contributed by atoms with van der Waals surface area (Å²) < 4.78 is 0. The zero-order chi connectivity index (χ0) is 14.4. The van der Waals surface area contributed by atoms with Crippen LogP contribution in [0.15, 0.2) is 17.5 Å². The van der Waals surface area contributed by atoms with Crippen LogP contribution >= 0.6 is 11.3 Å². The van der Waals surface area contributed by atoms with Crippen molar-refractivity contribution in [2.24, 2.45) is 11.8 Å². The highest BCUT2D eigenvalue weighted by Crippen LogP contribution is 2.40. The third-order valence-corrected chi connectivity index (χ3v) is 5.73. The number of hydrogen-bond donors (Lipinski definition) is 1. The summed E-state index contributed by atoms with van der Waals surface area (Å²) in [4.78, 5) is 28.4. The zero-order valence-corrected chi connectivity index (χ0v) is 12.8. The molecule has 1 aromatic rings. The van der Waals surface area contributed by atoms with Crippen molar-refractivity contribution in [1.29, 1.82) is 0 Å². The Morgan fingerprint density at radius 1 is 1.19 bits per heavy atom. The second-order valence-corrected chi connectivity index (χ2v) is 7.50. The van der Waals surface area contributed by atoms with Crippen LogP contribution in [-0.2, 0) is 16.0 Å². The van der Waals surface area contributed by atoms with E-state index < -0.39 is 0 Å². The van der Waals surface area contributed by atoms with E-state index in [1.807, 2.05) is 11.0 Å². The first-order valence-electron chi connectivity index (χ1n) is 7.87. The van der Waals surface area contributed by atoms with Gasteiger partial charge < -0.3 is 10.2 Å². The number of hydrogen-bond acceptors (Lipinski definition) is 3. The molecule has 4 nitrogen and oxygen atoms in total. The van der Waals surface area contributed by atoms with Gasteiger partial charge in [0.2, 0.25) is 11.8 Å². The molecule has 2 heterocycles. The summed E-state index contributed by atoms with van der Waals surface area (Å²) in [6.45, 7) is 0.678. The zero-order valence-electron chi connectivity index (χ0n) is 12.0. The van der Waals surface area contributed by atoms with E-state index in [1.54, 1.807) is 11.3 Å². The molecule has 1 aromatic heterocycles. The van der Waals surface area contributed by atoms with Crippen LogP contribution in [0.25, 0.3) is 0 Å². The lowest BCUT2D eigenvalue weighted by molar-refractivity contribution is -0.150. The number of carbonyl (C=O) groups is 2. The van der Waals surface area contributed by atoms with Gasteiger partial charge in [-0.1, -0.05) is 6.07 Å². The highest BCUT2D eigenvalue weighted by atomic mass is 32.1. The number of nitrogens with zero attached hydrogens (tertiary/aromatic N) is 1. The predicted octanol–water partition coefficient (Wildman–Crippen LogP) is 1.81. The molecule has 0 bridgehead atoms. The molecule has 2 atom stereocenters. The van der Waals surface area contributed by atoms with E-state index in [4.69, 9.17) is 0 Å². The lowest BCUT2D eigenvalue weighted by Gasteiger charge is -2.39. The molecule has 4 rings (SSSR count). The van der Waals surface area contributed by atoms with Gasteiger partial charge in [0.15, 0.2) is 0 Å². The summed E-state index contributed by atoms with van der Waals surface area (Å²) >= 11 is 1.72. The van der Waals surface area contributed by atoms with E-state index in [9.17, 15) is 9.59 Å². The van der Waals surface area contributed by atoms with E-state index in [2.05, 4.69) is 16.8 Å². The Morgan fingerprint density at radius 2 is 1.95 bits per heavy atom. The quantitative estimate of drug-likeness (QED) is 0.902. The Hall–Kier alpha value is -1.36. The van der Waals surface area contributed by atoms with Crippen molar-refractivity contribution in [3.8, 4) is 0 Å². The number of piperazine rings is 1. The van der Waals surface area contributed by atoms with Crippen molar-refractivity contribution < 1.29 is 9.59 Å². The number of amides is 2. The van der Waals surface area contributed by atoms with Crippen LogP contribution in [0, 0.1) is 11.8 Å². The minimum atomic E-state index is -0.254. The van der Waals surface area contributed by atoms with E-state index in [0.717, 1.165) is 32.1 Å². The fourth-order valence-electron chi connectivity index (χ4n) is 3.32. The Labute approximate surface area is 128 Å². The maximum atomic E-state index is 12.8. The highest BCUT2D eigenvalue weighted by Gasteiger charge is 2.51. The second-order valence-electron chi connectivity index (χ2n) is 6.47. The topological polar surface area (TPSA) is 49.4 Å². The molecule has 3 aliphatic rings. The van der Waals surface area contributed by atoms with Gasteiger partial charge in [-0.2, -0.15) is 0 Å². The Morgan fingerprint density at radius 3 is 2.57 bits per heavy atom. The van der Waals surface area contributed by atoms with Gasteiger partial charge in [-0.25, -0.2) is 0 Å². The predicted molar refractivity (Wildman–Crippen MR) is 80.9 cm³/mol. The van der Waals surface area contributed by atoms with Gasteiger partial charge in [0.25, 0.3) is 0 Å². The first-order chi connectivity index (χ1) is 10.2. The summed E-state index contributed by atoms with van der Waals surface area (Å²) in [5.74, 6) is 1.01. The van der Waals surface area contributed by atoms with Crippen LogP contribution in [0.4, 0.5) is 0 Å². The molecule has 21 heavy (non-hydrogen) atoms. The van der Waals surface area contributed by atoms with Crippen molar-refractivity contribution in [3.63, 3.8) is 0 Å². The van der Waals surface area contributed by atoms with Gasteiger partial charge in [0.1, 0.15) is 12.1 Å². The van der Waals surface area contributed by atoms with Crippen LogP contribution in [0.3, 0.4) is 0 Å². The average Bonchev–Trinajstić information content (AvgIpc) is 3.39. The fraction of sp³-hybridized carbons (Fsp3) is 0.625. The van der Waals surface area contributed by atoms with E-state index >= 15 is 0 Å². The van der Waals surface area contributed by atoms with Gasteiger partial charge in [-0.05, 0) is 55.4 Å². The number of carbonyl (C=O) groups excluding carboxylic acids is 2. The third kappa shape index (κ3) is 2.59. The van der Waals surface area contributed by atoms with E-state index in [0.29, 0.717) is 18.4 Å². The van der Waals surface area contributed by atoms with Crippen LogP contribution in [-0.4, -0.2) is 35.3 Å². The first kappa shape index (κ1) is 13.3. The van der Waals surface area contributed by atoms with Crippen LogP contribution in [0.2, 0.25) is 0 Å². The summed E-state index contributed by atoms with van der Waals surface area (Å²) in [6, 6.07) is 3.67. The highest BCUT2D eigenvalue weighted by molar-refractivity contribution is 7.09. The monoisotopic (exact) mass is 304 g/mol. The van der Waals surface area contributed by atoms with Crippen molar-refractivity contribution >= 4 is 23.2 Å². The molecule has 0 radical (unpaired) electrons. The molecule has 3 fully saturated rings. The summed E-state index contributed by atoms with van der Waals surface area (Å²) in [5.41, 5.74) is 0.